The molecular formula is C20H21N3O2. The summed E-state index contributed by atoms with van der Waals surface area (Å²) in [5.74, 6) is 6.89. The molecule has 1 aliphatic rings. The molecule has 2 aromatic rings. The van der Waals surface area contributed by atoms with Crippen LogP contribution in [0.1, 0.15) is 28.8 Å². The maximum atomic E-state index is 11.9. The van der Waals surface area contributed by atoms with Crippen LogP contribution < -0.4 is 15.4 Å². The summed E-state index contributed by atoms with van der Waals surface area (Å²) in [6, 6.07) is 11.3. The van der Waals surface area contributed by atoms with Gasteiger partial charge in [-0.15, -0.1) is 0 Å². The highest BCUT2D eigenvalue weighted by Gasteiger charge is 2.10. The van der Waals surface area contributed by atoms with Crippen LogP contribution >= 0.6 is 0 Å². The molecule has 1 aliphatic heterocycles. The van der Waals surface area contributed by atoms with Crippen LogP contribution in [0.2, 0.25) is 0 Å². The summed E-state index contributed by atoms with van der Waals surface area (Å²) in [6.07, 6.45) is 5.65. The molecule has 0 spiro atoms. The topological polar surface area (TPSA) is 63.2 Å². The molecule has 1 atom stereocenters. The predicted molar refractivity (Wildman–Crippen MR) is 96.4 cm³/mol. The summed E-state index contributed by atoms with van der Waals surface area (Å²) in [6.45, 7) is 1.84. The maximum Gasteiger partial charge on any atom is 0.251 e. The van der Waals surface area contributed by atoms with Crippen LogP contribution in [0.15, 0.2) is 48.8 Å². The Morgan fingerprint density at radius 3 is 3.00 bits per heavy atom. The number of hydrogen-bond donors (Lipinski definition) is 2. The lowest BCUT2D eigenvalue weighted by Gasteiger charge is -2.08. The zero-order valence-electron chi connectivity index (χ0n) is 14.0. The van der Waals surface area contributed by atoms with Crippen molar-refractivity contribution in [3.63, 3.8) is 0 Å². The standard InChI is InChI=1S/C20H21N3O2/c24-20(17-5-2-1-3-6-17)23-11-12-25-19-13-16(14-21-15-19)8-9-18-7-4-10-22-18/h1-3,5-6,13-15,18,22H,4,7,10-12H2,(H,23,24)/t18-/m0/s1. The van der Waals surface area contributed by atoms with Gasteiger partial charge in [0.2, 0.25) is 0 Å². The van der Waals surface area contributed by atoms with E-state index in [4.69, 9.17) is 4.74 Å². The van der Waals surface area contributed by atoms with Crippen LogP contribution in [0.4, 0.5) is 0 Å². The van der Waals surface area contributed by atoms with Gasteiger partial charge in [0.1, 0.15) is 12.4 Å². The highest BCUT2D eigenvalue weighted by molar-refractivity contribution is 5.94. The van der Waals surface area contributed by atoms with E-state index in [1.165, 1.54) is 6.42 Å². The fourth-order valence-electron chi connectivity index (χ4n) is 2.57. The van der Waals surface area contributed by atoms with Gasteiger partial charge in [0, 0.05) is 17.3 Å². The quantitative estimate of drug-likeness (QED) is 0.648. The Bertz CT molecular complexity index is 759. The van der Waals surface area contributed by atoms with E-state index < -0.39 is 0 Å². The van der Waals surface area contributed by atoms with E-state index in [1.807, 2.05) is 24.3 Å². The van der Waals surface area contributed by atoms with E-state index in [0.29, 0.717) is 24.5 Å². The van der Waals surface area contributed by atoms with E-state index >= 15 is 0 Å². The molecular weight excluding hydrogens is 314 g/mol. The third-order valence-electron chi connectivity index (χ3n) is 3.86. The summed E-state index contributed by atoms with van der Waals surface area (Å²) in [5, 5.41) is 6.17. The molecule has 1 fully saturated rings. The van der Waals surface area contributed by atoms with Gasteiger partial charge in [-0.05, 0) is 37.6 Å². The van der Waals surface area contributed by atoms with Gasteiger partial charge >= 0.3 is 0 Å². The molecule has 0 radical (unpaired) electrons. The van der Waals surface area contributed by atoms with Crippen molar-refractivity contribution in [2.75, 3.05) is 19.7 Å². The van der Waals surface area contributed by atoms with Crippen molar-refractivity contribution >= 4 is 5.91 Å². The molecule has 1 aromatic carbocycles. The monoisotopic (exact) mass is 335 g/mol. The summed E-state index contributed by atoms with van der Waals surface area (Å²) in [7, 11) is 0. The smallest absolute Gasteiger partial charge is 0.251 e. The Kier molecular flexibility index (Phi) is 6.02. The fourth-order valence-corrected chi connectivity index (χ4v) is 2.57. The number of ether oxygens (including phenoxy) is 1. The number of carbonyl (C=O) groups is 1. The number of nitrogens with one attached hydrogen (secondary N) is 2. The number of nitrogens with zero attached hydrogens (tertiary/aromatic N) is 1. The van der Waals surface area contributed by atoms with Gasteiger partial charge in [-0.25, -0.2) is 0 Å². The molecule has 0 unspecified atom stereocenters. The van der Waals surface area contributed by atoms with Crippen molar-refractivity contribution in [1.82, 2.24) is 15.6 Å². The Hall–Kier alpha value is -2.84. The molecule has 5 nitrogen and oxygen atoms in total. The molecule has 5 heteroatoms. The first-order valence-corrected chi connectivity index (χ1v) is 8.47. The van der Waals surface area contributed by atoms with E-state index in [0.717, 1.165) is 18.5 Å². The van der Waals surface area contributed by atoms with Crippen LogP contribution in [0.25, 0.3) is 0 Å². The Morgan fingerprint density at radius 1 is 1.32 bits per heavy atom. The second kappa shape index (κ2) is 8.86. The van der Waals surface area contributed by atoms with Crippen LogP contribution in [0.5, 0.6) is 5.75 Å². The number of pyridine rings is 1. The van der Waals surface area contributed by atoms with Crippen LogP contribution in [-0.2, 0) is 0 Å². The molecule has 25 heavy (non-hydrogen) atoms. The minimum Gasteiger partial charge on any atom is -0.490 e. The van der Waals surface area contributed by atoms with E-state index in [-0.39, 0.29) is 11.9 Å². The predicted octanol–water partition coefficient (Wildman–Crippen LogP) is 1.99. The highest BCUT2D eigenvalue weighted by Crippen LogP contribution is 2.11. The first-order chi connectivity index (χ1) is 12.3. The molecule has 0 bridgehead atoms. The highest BCUT2D eigenvalue weighted by atomic mass is 16.5. The molecule has 1 saturated heterocycles. The Morgan fingerprint density at radius 2 is 2.20 bits per heavy atom. The molecule has 2 heterocycles. The molecule has 2 N–H and O–H groups in total. The van der Waals surface area contributed by atoms with Gasteiger partial charge in [0.15, 0.2) is 0 Å². The van der Waals surface area contributed by atoms with Gasteiger partial charge in [-0.3, -0.25) is 9.78 Å². The minimum absolute atomic E-state index is 0.106. The lowest BCUT2D eigenvalue weighted by Crippen LogP contribution is -2.28. The van der Waals surface area contributed by atoms with Gasteiger partial charge < -0.3 is 15.4 Å². The fraction of sp³-hybridized carbons (Fsp3) is 0.300. The van der Waals surface area contributed by atoms with Crippen molar-refractivity contribution in [3.8, 4) is 17.6 Å². The molecule has 1 amide bonds. The molecule has 0 aliphatic carbocycles. The number of aromatic nitrogens is 1. The first-order valence-electron chi connectivity index (χ1n) is 8.47. The van der Waals surface area contributed by atoms with Crippen molar-refractivity contribution < 1.29 is 9.53 Å². The van der Waals surface area contributed by atoms with Crippen molar-refractivity contribution in [2.24, 2.45) is 0 Å². The average Bonchev–Trinajstić information content (AvgIpc) is 3.18. The van der Waals surface area contributed by atoms with Gasteiger partial charge in [-0.2, -0.15) is 0 Å². The van der Waals surface area contributed by atoms with Crippen LogP contribution in [0, 0.1) is 11.8 Å². The third-order valence-corrected chi connectivity index (χ3v) is 3.86. The largest absolute Gasteiger partial charge is 0.490 e. The van der Waals surface area contributed by atoms with E-state index in [9.17, 15) is 4.79 Å². The Labute approximate surface area is 147 Å². The van der Waals surface area contributed by atoms with Crippen LogP contribution in [0.3, 0.4) is 0 Å². The van der Waals surface area contributed by atoms with Gasteiger partial charge in [0.25, 0.3) is 5.91 Å². The van der Waals surface area contributed by atoms with E-state index in [2.05, 4.69) is 27.5 Å². The average molecular weight is 335 g/mol. The second-order valence-electron chi connectivity index (χ2n) is 5.80. The zero-order valence-corrected chi connectivity index (χ0v) is 14.0. The van der Waals surface area contributed by atoms with E-state index in [1.54, 1.807) is 24.5 Å². The molecule has 128 valence electrons. The maximum absolute atomic E-state index is 11.9. The number of amides is 1. The summed E-state index contributed by atoms with van der Waals surface area (Å²) >= 11 is 0. The zero-order chi connectivity index (χ0) is 17.3. The second-order valence-corrected chi connectivity index (χ2v) is 5.80. The normalized spacial score (nSPS) is 15.9. The van der Waals surface area contributed by atoms with Crippen LogP contribution in [-0.4, -0.2) is 36.6 Å². The van der Waals surface area contributed by atoms with Gasteiger partial charge in [0.05, 0.1) is 18.8 Å². The van der Waals surface area contributed by atoms with Crippen molar-refractivity contribution in [3.05, 3.63) is 59.9 Å². The molecule has 0 saturated carbocycles. The summed E-state index contributed by atoms with van der Waals surface area (Å²) in [5.41, 5.74) is 1.47. The number of rotatable bonds is 5. The number of benzene rings is 1. The van der Waals surface area contributed by atoms with Gasteiger partial charge in [-0.1, -0.05) is 30.0 Å². The lowest BCUT2D eigenvalue weighted by molar-refractivity contribution is 0.0947. The lowest BCUT2D eigenvalue weighted by atomic mass is 10.2. The molecule has 3 rings (SSSR count). The summed E-state index contributed by atoms with van der Waals surface area (Å²) < 4.78 is 5.64. The molecule has 1 aromatic heterocycles. The summed E-state index contributed by atoms with van der Waals surface area (Å²) in [4.78, 5) is 16.1. The minimum atomic E-state index is -0.106. The third kappa shape index (κ3) is 5.33. The van der Waals surface area contributed by atoms with Crippen molar-refractivity contribution in [2.45, 2.75) is 18.9 Å². The number of carbonyl (C=O) groups excluding carboxylic acids is 1. The first kappa shape index (κ1) is 17.0. The van der Waals surface area contributed by atoms with Crippen molar-refractivity contribution in [1.29, 1.82) is 0 Å². The SMILES string of the molecule is O=C(NCCOc1cncc(C#C[C@@H]2CCCN2)c1)c1ccccc1. The number of hydrogen-bond acceptors (Lipinski definition) is 4. The Balaban J connectivity index is 1.45.